The lowest BCUT2D eigenvalue weighted by Crippen LogP contribution is -2.42. The van der Waals surface area contributed by atoms with Crippen LogP contribution in [-0.2, 0) is 9.53 Å². The monoisotopic (exact) mass is 403 g/mol. The molecule has 1 saturated carbocycles. The summed E-state index contributed by atoms with van der Waals surface area (Å²) in [4.78, 5) is 20.2. The number of hydrogen-bond donors (Lipinski definition) is 2. The number of hydrogen-bond acceptors (Lipinski definition) is 4. The second kappa shape index (κ2) is 11.7. The Morgan fingerprint density at radius 2 is 1.90 bits per heavy atom. The van der Waals surface area contributed by atoms with Gasteiger partial charge in [-0.1, -0.05) is 18.2 Å². The maximum absolute atomic E-state index is 11.9. The van der Waals surface area contributed by atoms with E-state index in [4.69, 9.17) is 4.74 Å². The molecule has 0 aliphatic heterocycles. The van der Waals surface area contributed by atoms with Crippen LogP contribution in [0.25, 0.3) is 0 Å². The molecule has 1 aliphatic rings. The molecule has 0 atom stereocenters. The van der Waals surface area contributed by atoms with Crippen molar-refractivity contribution in [1.82, 2.24) is 15.5 Å². The smallest absolute Gasteiger partial charge is 0.243 e. The van der Waals surface area contributed by atoms with Crippen LogP contribution in [0.4, 0.5) is 5.69 Å². The van der Waals surface area contributed by atoms with Crippen molar-refractivity contribution in [1.29, 1.82) is 0 Å². The van der Waals surface area contributed by atoms with Crippen LogP contribution in [0.2, 0.25) is 0 Å². The third kappa shape index (κ3) is 8.31. The zero-order valence-corrected chi connectivity index (χ0v) is 18.4. The first-order valence-corrected chi connectivity index (χ1v) is 10.4. The van der Waals surface area contributed by atoms with Crippen molar-refractivity contribution in [2.45, 2.75) is 25.7 Å². The molecule has 2 rings (SSSR count). The maximum atomic E-state index is 11.9. The van der Waals surface area contributed by atoms with Crippen LogP contribution in [0, 0.1) is 5.41 Å². The summed E-state index contributed by atoms with van der Waals surface area (Å²) in [5.41, 5.74) is 1.53. The molecule has 1 fully saturated rings. The fourth-order valence-electron chi connectivity index (χ4n) is 3.08. The van der Waals surface area contributed by atoms with Gasteiger partial charge in [-0.15, -0.1) is 0 Å². The van der Waals surface area contributed by atoms with E-state index in [0.29, 0.717) is 11.4 Å². The Hall–Kier alpha value is -2.28. The summed E-state index contributed by atoms with van der Waals surface area (Å²) in [6, 6.07) is 10.4. The number of carbonyl (C=O) groups is 1. The zero-order valence-electron chi connectivity index (χ0n) is 18.4. The molecule has 0 unspecified atom stereocenters. The number of ether oxygens (including phenoxy) is 1. The molecule has 1 aromatic carbocycles. The average molecular weight is 404 g/mol. The Bertz CT molecular complexity index is 644. The van der Waals surface area contributed by atoms with Gasteiger partial charge in [0, 0.05) is 60.2 Å². The molecular formula is C22H37N5O2. The van der Waals surface area contributed by atoms with Crippen molar-refractivity contribution in [3.8, 4) is 0 Å². The highest BCUT2D eigenvalue weighted by molar-refractivity contribution is 5.84. The van der Waals surface area contributed by atoms with Crippen LogP contribution in [-0.4, -0.2) is 77.8 Å². The first-order valence-electron chi connectivity index (χ1n) is 10.4. The second-order valence-electron chi connectivity index (χ2n) is 8.09. The van der Waals surface area contributed by atoms with Gasteiger partial charge in [-0.25, -0.2) is 4.99 Å². The normalized spacial score (nSPS) is 15.0. The molecule has 1 aliphatic carbocycles. The highest BCUT2D eigenvalue weighted by Crippen LogP contribution is 2.48. The molecule has 0 bridgehead atoms. The summed E-state index contributed by atoms with van der Waals surface area (Å²) in [7, 11) is 7.35. The third-order valence-electron chi connectivity index (χ3n) is 5.46. The first-order chi connectivity index (χ1) is 14.0. The van der Waals surface area contributed by atoms with Crippen molar-refractivity contribution in [2.75, 3.05) is 65.9 Å². The molecule has 29 heavy (non-hydrogen) atoms. The van der Waals surface area contributed by atoms with Crippen LogP contribution >= 0.6 is 0 Å². The standard InChI is InChI=1S/C22H37N5O2/c1-26(2)20(28)17-24-21(25-18-22(11-12-22)13-16-29-4)23-14-8-15-27(3)19-9-6-5-7-10-19/h5-7,9-10H,8,11-18H2,1-4H3,(H2,23,24,25). The predicted octanol–water partition coefficient (Wildman–Crippen LogP) is 1.95. The van der Waals surface area contributed by atoms with Gasteiger partial charge < -0.3 is 25.2 Å². The fraction of sp³-hybridized carbons (Fsp3) is 0.636. The van der Waals surface area contributed by atoms with Gasteiger partial charge in [-0.2, -0.15) is 0 Å². The van der Waals surface area contributed by atoms with Gasteiger partial charge in [-0.05, 0) is 43.2 Å². The van der Waals surface area contributed by atoms with E-state index in [1.54, 1.807) is 26.1 Å². The van der Waals surface area contributed by atoms with Gasteiger partial charge in [0.05, 0.1) is 0 Å². The highest BCUT2D eigenvalue weighted by Gasteiger charge is 2.41. The SMILES string of the molecule is COCCC1(CNC(=NCC(=O)N(C)C)NCCCN(C)c2ccccc2)CC1. The quantitative estimate of drug-likeness (QED) is 0.317. The summed E-state index contributed by atoms with van der Waals surface area (Å²) in [5.74, 6) is 0.710. The summed E-state index contributed by atoms with van der Waals surface area (Å²) >= 11 is 0. The van der Waals surface area contributed by atoms with Gasteiger partial charge in [0.15, 0.2) is 5.96 Å². The summed E-state index contributed by atoms with van der Waals surface area (Å²) in [6.45, 7) is 3.54. The number of rotatable bonds is 12. The number of benzene rings is 1. The van der Waals surface area contributed by atoms with Crippen molar-refractivity contribution in [3.63, 3.8) is 0 Å². The van der Waals surface area contributed by atoms with Crippen LogP contribution < -0.4 is 15.5 Å². The number of anilines is 1. The van der Waals surface area contributed by atoms with E-state index in [1.807, 2.05) is 6.07 Å². The topological polar surface area (TPSA) is 69.2 Å². The van der Waals surface area contributed by atoms with E-state index < -0.39 is 0 Å². The molecule has 1 amide bonds. The molecule has 1 aromatic rings. The molecule has 0 saturated heterocycles. The Kier molecular flexibility index (Phi) is 9.25. The van der Waals surface area contributed by atoms with E-state index in [9.17, 15) is 4.79 Å². The number of nitrogens with zero attached hydrogens (tertiary/aromatic N) is 3. The number of likely N-dealkylation sites (N-methyl/N-ethyl adjacent to an activating group) is 1. The molecule has 7 heteroatoms. The molecule has 0 spiro atoms. The Balaban J connectivity index is 1.81. The van der Waals surface area contributed by atoms with Crippen LogP contribution in [0.5, 0.6) is 0 Å². The van der Waals surface area contributed by atoms with Gasteiger partial charge in [0.25, 0.3) is 0 Å². The number of amides is 1. The minimum atomic E-state index is -0.00423. The van der Waals surface area contributed by atoms with E-state index in [2.05, 4.69) is 51.8 Å². The Morgan fingerprint density at radius 3 is 2.52 bits per heavy atom. The molecule has 0 heterocycles. The van der Waals surface area contributed by atoms with E-state index in [-0.39, 0.29) is 12.5 Å². The zero-order chi connectivity index (χ0) is 21.1. The van der Waals surface area contributed by atoms with E-state index >= 15 is 0 Å². The summed E-state index contributed by atoms with van der Waals surface area (Å²) < 4.78 is 5.24. The lowest BCUT2D eigenvalue weighted by atomic mass is 10.0. The summed E-state index contributed by atoms with van der Waals surface area (Å²) in [5, 5.41) is 6.83. The van der Waals surface area contributed by atoms with E-state index in [1.165, 1.54) is 18.5 Å². The lowest BCUT2D eigenvalue weighted by molar-refractivity contribution is -0.127. The molecule has 0 aromatic heterocycles. The second-order valence-corrected chi connectivity index (χ2v) is 8.09. The Morgan fingerprint density at radius 1 is 1.17 bits per heavy atom. The predicted molar refractivity (Wildman–Crippen MR) is 119 cm³/mol. The number of carbonyl (C=O) groups excluding carboxylic acids is 1. The van der Waals surface area contributed by atoms with Crippen LogP contribution in [0.3, 0.4) is 0 Å². The average Bonchev–Trinajstić information content (AvgIpc) is 3.51. The third-order valence-corrected chi connectivity index (χ3v) is 5.46. The van der Waals surface area contributed by atoms with Gasteiger partial charge in [0.1, 0.15) is 6.54 Å². The Labute approximate surface area is 175 Å². The highest BCUT2D eigenvalue weighted by atomic mass is 16.5. The van der Waals surface area contributed by atoms with Crippen LogP contribution in [0.15, 0.2) is 35.3 Å². The number of para-hydroxylation sites is 1. The number of methoxy groups -OCH3 is 1. The number of nitrogens with one attached hydrogen (secondary N) is 2. The number of aliphatic imine (C=N–C) groups is 1. The van der Waals surface area contributed by atoms with Crippen molar-refractivity contribution < 1.29 is 9.53 Å². The lowest BCUT2D eigenvalue weighted by Gasteiger charge is -2.21. The maximum Gasteiger partial charge on any atom is 0.243 e. The first kappa shape index (κ1) is 23.0. The van der Waals surface area contributed by atoms with Gasteiger partial charge >= 0.3 is 0 Å². The van der Waals surface area contributed by atoms with Crippen molar-refractivity contribution in [3.05, 3.63) is 30.3 Å². The van der Waals surface area contributed by atoms with Crippen LogP contribution in [0.1, 0.15) is 25.7 Å². The molecule has 2 N–H and O–H groups in total. The number of guanidine groups is 1. The molecule has 162 valence electrons. The van der Waals surface area contributed by atoms with Gasteiger partial charge in [0.2, 0.25) is 5.91 Å². The molecule has 7 nitrogen and oxygen atoms in total. The van der Waals surface area contributed by atoms with Gasteiger partial charge in [-0.3, -0.25) is 4.79 Å². The van der Waals surface area contributed by atoms with E-state index in [0.717, 1.165) is 39.1 Å². The largest absolute Gasteiger partial charge is 0.385 e. The minimum Gasteiger partial charge on any atom is -0.385 e. The fourth-order valence-corrected chi connectivity index (χ4v) is 3.08. The minimum absolute atomic E-state index is 0.00423. The summed E-state index contributed by atoms with van der Waals surface area (Å²) in [6.07, 6.45) is 4.47. The van der Waals surface area contributed by atoms with Crippen molar-refractivity contribution >= 4 is 17.6 Å². The van der Waals surface area contributed by atoms with Crippen molar-refractivity contribution in [2.24, 2.45) is 10.4 Å². The molecule has 0 radical (unpaired) electrons. The molecular weight excluding hydrogens is 366 g/mol.